The molecule has 0 radical (unpaired) electrons. The van der Waals surface area contributed by atoms with Crippen molar-refractivity contribution in [1.82, 2.24) is 10.2 Å². The molecule has 1 fully saturated rings. The molecule has 0 saturated heterocycles. The maximum absolute atomic E-state index is 4.35. The van der Waals surface area contributed by atoms with Crippen LogP contribution in [-0.2, 0) is 6.54 Å². The van der Waals surface area contributed by atoms with Crippen LogP contribution in [0.25, 0.3) is 0 Å². The van der Waals surface area contributed by atoms with Crippen LogP contribution in [0.5, 0.6) is 0 Å². The monoisotopic (exact) mass is 277 g/mol. The van der Waals surface area contributed by atoms with E-state index >= 15 is 0 Å². The first-order chi connectivity index (χ1) is 8.86. The largest absolute Gasteiger partial charge is 0.347 e. The highest BCUT2D eigenvalue weighted by molar-refractivity contribution is 7.98. The fourth-order valence-corrected chi connectivity index (χ4v) is 2.96. The van der Waals surface area contributed by atoms with Gasteiger partial charge in [0.2, 0.25) is 0 Å². The summed E-state index contributed by atoms with van der Waals surface area (Å²) in [5.41, 5.74) is 0. The summed E-state index contributed by atoms with van der Waals surface area (Å²) in [7, 11) is 0. The van der Waals surface area contributed by atoms with Crippen LogP contribution in [0.1, 0.15) is 17.7 Å². The van der Waals surface area contributed by atoms with Gasteiger partial charge in [-0.25, -0.2) is 0 Å². The Bertz CT molecular complexity index is 491. The molecule has 0 bridgehead atoms. The Morgan fingerprint density at radius 3 is 2.78 bits per heavy atom. The molecule has 2 heterocycles. The Morgan fingerprint density at radius 2 is 2.22 bits per heavy atom. The van der Waals surface area contributed by atoms with Gasteiger partial charge in [0.25, 0.3) is 0 Å². The minimum absolute atomic E-state index is 0.654. The van der Waals surface area contributed by atoms with Gasteiger partial charge in [-0.2, -0.15) is 0 Å². The van der Waals surface area contributed by atoms with E-state index in [0.717, 1.165) is 17.4 Å². The molecule has 0 N–H and O–H groups in total. The van der Waals surface area contributed by atoms with Crippen LogP contribution in [-0.4, -0.2) is 22.5 Å². The van der Waals surface area contributed by atoms with Gasteiger partial charge in [0.15, 0.2) is 5.82 Å². The van der Waals surface area contributed by atoms with E-state index in [1.165, 1.54) is 17.7 Å². The quantitative estimate of drug-likeness (QED) is 0.783. The molecule has 1 saturated carbocycles. The summed E-state index contributed by atoms with van der Waals surface area (Å²) in [4.78, 5) is 3.76. The van der Waals surface area contributed by atoms with Crippen molar-refractivity contribution in [3.63, 3.8) is 0 Å². The van der Waals surface area contributed by atoms with E-state index in [4.69, 9.17) is 0 Å². The lowest BCUT2D eigenvalue weighted by atomic mass is 10.3. The maximum atomic E-state index is 4.35. The lowest BCUT2D eigenvalue weighted by molar-refractivity contribution is 0.761. The minimum atomic E-state index is 0.654. The fraction of sp³-hybridized carbons (Fsp3) is 0.385. The molecule has 0 atom stereocenters. The lowest BCUT2D eigenvalue weighted by Gasteiger charge is -2.22. The van der Waals surface area contributed by atoms with Crippen LogP contribution in [0, 0.1) is 0 Å². The lowest BCUT2D eigenvalue weighted by Crippen LogP contribution is -2.25. The zero-order valence-corrected chi connectivity index (χ0v) is 11.9. The van der Waals surface area contributed by atoms with Crippen LogP contribution in [0.3, 0.4) is 0 Å². The molecule has 0 aliphatic heterocycles. The molecule has 3 nitrogen and oxygen atoms in total. The highest BCUT2D eigenvalue weighted by Crippen LogP contribution is 2.32. The molecule has 94 valence electrons. The molecule has 1 aliphatic carbocycles. The molecule has 0 aromatic carbocycles. The number of thioether (sulfide) groups is 1. The van der Waals surface area contributed by atoms with Crippen LogP contribution < -0.4 is 4.90 Å². The number of aromatic nitrogens is 2. The van der Waals surface area contributed by atoms with Crippen molar-refractivity contribution in [3.05, 3.63) is 34.5 Å². The van der Waals surface area contributed by atoms with Crippen LogP contribution >= 0.6 is 23.1 Å². The third-order valence-corrected chi connectivity index (χ3v) is 4.52. The number of rotatable bonds is 5. The molecule has 2 aromatic heterocycles. The van der Waals surface area contributed by atoms with Crippen molar-refractivity contribution in [2.24, 2.45) is 0 Å². The van der Waals surface area contributed by atoms with Crippen molar-refractivity contribution in [1.29, 1.82) is 0 Å². The number of anilines is 1. The van der Waals surface area contributed by atoms with Crippen LogP contribution in [0.4, 0.5) is 5.82 Å². The Balaban J connectivity index is 1.80. The number of thiophene rings is 1. The maximum Gasteiger partial charge on any atom is 0.151 e. The normalized spacial score (nSPS) is 14.7. The summed E-state index contributed by atoms with van der Waals surface area (Å²) in [6.45, 7) is 0.954. The van der Waals surface area contributed by atoms with Gasteiger partial charge in [0, 0.05) is 10.9 Å². The molecule has 3 rings (SSSR count). The first-order valence-corrected chi connectivity index (χ1v) is 8.14. The predicted molar refractivity (Wildman–Crippen MR) is 77.3 cm³/mol. The molecule has 0 amide bonds. The second-order valence-electron chi connectivity index (χ2n) is 4.37. The van der Waals surface area contributed by atoms with Gasteiger partial charge < -0.3 is 4.90 Å². The molecule has 5 heteroatoms. The van der Waals surface area contributed by atoms with Crippen molar-refractivity contribution in [3.8, 4) is 0 Å². The van der Waals surface area contributed by atoms with Gasteiger partial charge in [-0.15, -0.1) is 33.3 Å². The highest BCUT2D eigenvalue weighted by Gasteiger charge is 2.30. The van der Waals surface area contributed by atoms with Crippen molar-refractivity contribution >= 4 is 28.9 Å². The minimum Gasteiger partial charge on any atom is -0.347 e. The van der Waals surface area contributed by atoms with E-state index in [9.17, 15) is 0 Å². The summed E-state index contributed by atoms with van der Waals surface area (Å²) >= 11 is 3.43. The topological polar surface area (TPSA) is 29.0 Å². The summed E-state index contributed by atoms with van der Waals surface area (Å²) in [6.07, 6.45) is 4.57. The molecule has 0 spiro atoms. The molecule has 1 aliphatic rings. The Labute approximate surface area is 115 Å². The van der Waals surface area contributed by atoms with Gasteiger partial charge in [-0.3, -0.25) is 0 Å². The average Bonchev–Trinajstić information content (AvgIpc) is 3.13. The van der Waals surface area contributed by atoms with Gasteiger partial charge in [0.1, 0.15) is 5.03 Å². The molecular formula is C13H15N3S2. The third-order valence-electron chi connectivity index (χ3n) is 3.02. The zero-order valence-electron chi connectivity index (χ0n) is 10.2. The smallest absolute Gasteiger partial charge is 0.151 e. The molecular weight excluding hydrogens is 262 g/mol. The average molecular weight is 277 g/mol. The van der Waals surface area contributed by atoms with E-state index in [1.54, 1.807) is 23.1 Å². The van der Waals surface area contributed by atoms with E-state index in [2.05, 4.69) is 44.7 Å². The fourth-order valence-electron chi connectivity index (χ4n) is 1.93. The molecule has 0 unspecified atom stereocenters. The Kier molecular flexibility index (Phi) is 3.52. The van der Waals surface area contributed by atoms with Gasteiger partial charge >= 0.3 is 0 Å². The van der Waals surface area contributed by atoms with Crippen molar-refractivity contribution in [2.75, 3.05) is 11.2 Å². The van der Waals surface area contributed by atoms with Gasteiger partial charge in [-0.05, 0) is 42.7 Å². The van der Waals surface area contributed by atoms with E-state index in [-0.39, 0.29) is 0 Å². The van der Waals surface area contributed by atoms with Crippen molar-refractivity contribution in [2.45, 2.75) is 30.5 Å². The number of hydrogen-bond donors (Lipinski definition) is 0. The van der Waals surface area contributed by atoms with E-state index in [0.29, 0.717) is 6.04 Å². The summed E-state index contributed by atoms with van der Waals surface area (Å²) in [5.74, 6) is 1.00. The Morgan fingerprint density at radius 1 is 1.33 bits per heavy atom. The summed E-state index contributed by atoms with van der Waals surface area (Å²) < 4.78 is 0. The van der Waals surface area contributed by atoms with E-state index < -0.39 is 0 Å². The van der Waals surface area contributed by atoms with Crippen molar-refractivity contribution < 1.29 is 0 Å². The van der Waals surface area contributed by atoms with Gasteiger partial charge in [-0.1, -0.05) is 6.07 Å². The summed E-state index contributed by atoms with van der Waals surface area (Å²) in [6, 6.07) is 9.08. The third kappa shape index (κ3) is 2.67. The molecule has 18 heavy (non-hydrogen) atoms. The standard InChI is InChI=1S/C13H15N3S2/c1-17-13-7-6-12(14-15-13)16(10-4-5-10)9-11-3-2-8-18-11/h2-3,6-8,10H,4-5,9H2,1H3. The zero-order chi connectivity index (χ0) is 12.4. The van der Waals surface area contributed by atoms with Crippen LogP contribution in [0.15, 0.2) is 34.7 Å². The second kappa shape index (κ2) is 5.28. The number of nitrogens with zero attached hydrogens (tertiary/aromatic N) is 3. The van der Waals surface area contributed by atoms with E-state index in [1.807, 2.05) is 6.26 Å². The number of hydrogen-bond acceptors (Lipinski definition) is 5. The predicted octanol–water partition coefficient (Wildman–Crippen LogP) is 3.43. The first-order valence-electron chi connectivity index (χ1n) is 6.03. The van der Waals surface area contributed by atoms with Crippen LogP contribution in [0.2, 0.25) is 0 Å². The van der Waals surface area contributed by atoms with Gasteiger partial charge in [0.05, 0.1) is 6.54 Å². The summed E-state index contributed by atoms with van der Waals surface area (Å²) in [5, 5.41) is 11.7. The second-order valence-corrected chi connectivity index (χ2v) is 6.23. The Hall–Kier alpha value is -1.07. The molecule has 2 aromatic rings. The first kappa shape index (κ1) is 12.0. The SMILES string of the molecule is CSc1ccc(N(Cc2cccs2)C2CC2)nn1. The highest BCUT2D eigenvalue weighted by atomic mass is 32.2.